The number of likely N-dealkylation sites (N-methyl/N-ethyl adjacent to an activating group) is 1. The lowest BCUT2D eigenvalue weighted by Gasteiger charge is -2.40. The van der Waals surface area contributed by atoms with Crippen molar-refractivity contribution in [2.45, 2.75) is 38.8 Å². The molecule has 1 aromatic carbocycles. The van der Waals surface area contributed by atoms with Crippen molar-refractivity contribution < 1.29 is 0 Å². The smallest absolute Gasteiger partial charge is 0.0367 e. The minimum Gasteiger partial charge on any atom is -0.369 e. The molecule has 1 heterocycles. The maximum Gasteiger partial charge on any atom is 0.0367 e. The topological polar surface area (TPSA) is 32.5 Å². The van der Waals surface area contributed by atoms with Gasteiger partial charge in [0.2, 0.25) is 0 Å². The van der Waals surface area contributed by atoms with E-state index in [1.54, 1.807) is 0 Å². The van der Waals surface area contributed by atoms with Crippen LogP contribution in [0.2, 0.25) is 0 Å². The second kappa shape index (κ2) is 6.40. The van der Waals surface area contributed by atoms with Gasteiger partial charge in [-0.2, -0.15) is 0 Å². The lowest BCUT2D eigenvalue weighted by Crippen LogP contribution is -2.51. The Hall–Kier alpha value is -1.06. The molecule has 3 heteroatoms. The fraction of sp³-hybridized carbons (Fsp3) is 0.625. The molecule has 2 rings (SSSR count). The van der Waals surface area contributed by atoms with E-state index in [-0.39, 0.29) is 6.04 Å². The first kappa shape index (κ1) is 14.4. The van der Waals surface area contributed by atoms with Crippen molar-refractivity contribution in [1.29, 1.82) is 0 Å². The van der Waals surface area contributed by atoms with Crippen LogP contribution in [0.15, 0.2) is 24.3 Å². The predicted octanol–water partition coefficient (Wildman–Crippen LogP) is 2.63. The summed E-state index contributed by atoms with van der Waals surface area (Å²) in [5.41, 5.74) is 8.64. The highest BCUT2D eigenvalue weighted by Gasteiger charge is 2.22. The highest BCUT2D eigenvalue weighted by atomic mass is 15.3. The molecule has 2 atom stereocenters. The van der Waals surface area contributed by atoms with Crippen molar-refractivity contribution in [3.8, 4) is 0 Å². The van der Waals surface area contributed by atoms with E-state index in [4.69, 9.17) is 5.73 Å². The van der Waals surface area contributed by atoms with Crippen molar-refractivity contribution in [2.24, 2.45) is 5.73 Å². The second-order valence-corrected chi connectivity index (χ2v) is 5.59. The summed E-state index contributed by atoms with van der Waals surface area (Å²) in [5, 5.41) is 0. The molecule has 2 N–H and O–H groups in total. The summed E-state index contributed by atoms with van der Waals surface area (Å²) >= 11 is 0. The lowest BCUT2D eigenvalue weighted by atomic mass is 10.0. The van der Waals surface area contributed by atoms with Crippen LogP contribution < -0.4 is 10.6 Å². The van der Waals surface area contributed by atoms with Crippen molar-refractivity contribution in [3.63, 3.8) is 0 Å². The number of rotatable bonds is 4. The molecule has 106 valence electrons. The zero-order valence-electron chi connectivity index (χ0n) is 12.5. The van der Waals surface area contributed by atoms with Gasteiger partial charge >= 0.3 is 0 Å². The van der Waals surface area contributed by atoms with Gasteiger partial charge in [-0.1, -0.05) is 26.0 Å². The van der Waals surface area contributed by atoms with Gasteiger partial charge in [-0.3, -0.25) is 4.90 Å². The summed E-state index contributed by atoms with van der Waals surface area (Å²) in [6, 6.07) is 9.66. The Kier molecular flexibility index (Phi) is 4.83. The van der Waals surface area contributed by atoms with Crippen LogP contribution in [0.1, 0.15) is 38.3 Å². The van der Waals surface area contributed by atoms with Crippen LogP contribution in [0.25, 0.3) is 0 Å². The molecule has 1 aliphatic rings. The second-order valence-electron chi connectivity index (χ2n) is 5.59. The number of anilines is 1. The molecule has 1 aromatic rings. The molecule has 0 aromatic heterocycles. The van der Waals surface area contributed by atoms with Crippen LogP contribution >= 0.6 is 0 Å². The van der Waals surface area contributed by atoms with Crippen molar-refractivity contribution in [2.75, 3.05) is 31.6 Å². The number of hydrogen-bond donors (Lipinski definition) is 1. The normalized spacial score (nSPS) is 22.5. The Morgan fingerprint density at radius 3 is 2.47 bits per heavy atom. The standard InChI is InChI=1S/C16H27N3/c1-4-14-12-19(11-10-18(14)3)15-8-6-13(7-9-15)16(17)5-2/h6-9,14,16H,4-5,10-12,17H2,1-3H3/t14?,16-/m1/s1. The van der Waals surface area contributed by atoms with Gasteiger partial charge in [0.15, 0.2) is 0 Å². The third-order valence-electron chi connectivity index (χ3n) is 4.37. The Labute approximate surface area is 117 Å². The first-order chi connectivity index (χ1) is 9.15. The summed E-state index contributed by atoms with van der Waals surface area (Å²) in [6.45, 7) is 7.80. The molecule has 0 aliphatic carbocycles. The minimum absolute atomic E-state index is 0.171. The Morgan fingerprint density at radius 1 is 1.21 bits per heavy atom. The average Bonchev–Trinajstić information content (AvgIpc) is 2.47. The van der Waals surface area contributed by atoms with Gasteiger partial charge in [0.05, 0.1) is 0 Å². The Bertz CT molecular complexity index is 387. The summed E-state index contributed by atoms with van der Waals surface area (Å²) in [7, 11) is 2.23. The number of hydrogen-bond acceptors (Lipinski definition) is 3. The molecular weight excluding hydrogens is 234 g/mol. The van der Waals surface area contributed by atoms with E-state index in [9.17, 15) is 0 Å². The number of nitrogens with two attached hydrogens (primary N) is 1. The molecule has 0 bridgehead atoms. The fourth-order valence-electron chi connectivity index (χ4n) is 2.79. The van der Waals surface area contributed by atoms with Gasteiger partial charge < -0.3 is 10.6 Å². The molecular formula is C16H27N3. The van der Waals surface area contributed by atoms with E-state index in [1.807, 2.05) is 0 Å². The van der Waals surface area contributed by atoms with Gasteiger partial charge in [-0.25, -0.2) is 0 Å². The van der Waals surface area contributed by atoms with Crippen LogP contribution in [0.4, 0.5) is 5.69 Å². The molecule has 0 radical (unpaired) electrons. The number of benzene rings is 1. The molecule has 1 aliphatic heterocycles. The van der Waals surface area contributed by atoms with Crippen LogP contribution in [-0.4, -0.2) is 37.6 Å². The Balaban J connectivity index is 2.06. The molecule has 1 unspecified atom stereocenters. The van der Waals surface area contributed by atoms with E-state index < -0.39 is 0 Å². The molecule has 0 saturated carbocycles. The number of nitrogens with zero attached hydrogens (tertiary/aromatic N) is 2. The molecule has 19 heavy (non-hydrogen) atoms. The molecule has 1 fully saturated rings. The van der Waals surface area contributed by atoms with E-state index >= 15 is 0 Å². The van der Waals surface area contributed by atoms with Gasteiger partial charge in [0, 0.05) is 37.4 Å². The number of piperazine rings is 1. The van der Waals surface area contributed by atoms with Crippen LogP contribution in [0.3, 0.4) is 0 Å². The summed E-state index contributed by atoms with van der Waals surface area (Å²) in [4.78, 5) is 4.97. The highest BCUT2D eigenvalue weighted by molar-refractivity contribution is 5.48. The van der Waals surface area contributed by atoms with Crippen molar-refractivity contribution >= 4 is 5.69 Å². The lowest BCUT2D eigenvalue weighted by molar-refractivity contribution is 0.213. The van der Waals surface area contributed by atoms with E-state index in [0.717, 1.165) is 26.1 Å². The van der Waals surface area contributed by atoms with E-state index in [0.29, 0.717) is 6.04 Å². The summed E-state index contributed by atoms with van der Waals surface area (Å²) in [5.74, 6) is 0. The van der Waals surface area contributed by atoms with E-state index in [2.05, 4.69) is 55.0 Å². The first-order valence-electron chi connectivity index (χ1n) is 7.46. The monoisotopic (exact) mass is 261 g/mol. The van der Waals surface area contributed by atoms with Crippen molar-refractivity contribution in [3.05, 3.63) is 29.8 Å². The van der Waals surface area contributed by atoms with Gasteiger partial charge in [-0.15, -0.1) is 0 Å². The fourth-order valence-corrected chi connectivity index (χ4v) is 2.79. The Morgan fingerprint density at radius 2 is 1.89 bits per heavy atom. The largest absolute Gasteiger partial charge is 0.369 e. The van der Waals surface area contributed by atoms with Crippen molar-refractivity contribution in [1.82, 2.24) is 4.90 Å². The quantitative estimate of drug-likeness (QED) is 0.904. The summed E-state index contributed by atoms with van der Waals surface area (Å²) in [6.07, 6.45) is 2.21. The SMILES string of the molecule is CCC1CN(c2ccc([C@H](N)CC)cc2)CCN1C. The summed E-state index contributed by atoms with van der Waals surface area (Å²) < 4.78 is 0. The highest BCUT2D eigenvalue weighted by Crippen LogP contribution is 2.22. The maximum atomic E-state index is 6.06. The van der Waals surface area contributed by atoms with Crippen LogP contribution in [0, 0.1) is 0 Å². The maximum absolute atomic E-state index is 6.06. The third-order valence-corrected chi connectivity index (χ3v) is 4.37. The third kappa shape index (κ3) is 3.28. The predicted molar refractivity (Wildman–Crippen MR) is 82.6 cm³/mol. The zero-order chi connectivity index (χ0) is 13.8. The molecule has 0 amide bonds. The van der Waals surface area contributed by atoms with Crippen LogP contribution in [-0.2, 0) is 0 Å². The van der Waals surface area contributed by atoms with E-state index in [1.165, 1.54) is 17.7 Å². The minimum atomic E-state index is 0.171. The molecule has 3 nitrogen and oxygen atoms in total. The zero-order valence-corrected chi connectivity index (χ0v) is 12.5. The van der Waals surface area contributed by atoms with Gasteiger partial charge in [0.25, 0.3) is 0 Å². The van der Waals surface area contributed by atoms with Gasteiger partial charge in [0.1, 0.15) is 0 Å². The van der Waals surface area contributed by atoms with Gasteiger partial charge in [-0.05, 0) is 37.6 Å². The van der Waals surface area contributed by atoms with Crippen LogP contribution in [0.5, 0.6) is 0 Å². The molecule has 0 spiro atoms. The molecule has 1 saturated heterocycles. The first-order valence-corrected chi connectivity index (χ1v) is 7.46. The average molecular weight is 261 g/mol.